The van der Waals surface area contributed by atoms with Crippen LogP contribution in [0.2, 0.25) is 0 Å². The van der Waals surface area contributed by atoms with Crippen LogP contribution < -0.4 is 0 Å². The summed E-state index contributed by atoms with van der Waals surface area (Å²) in [7, 11) is 0. The maximum Gasteiger partial charge on any atom is 0.269 e. The van der Waals surface area contributed by atoms with Crippen LogP contribution in [0.15, 0.2) is 30.6 Å². The summed E-state index contributed by atoms with van der Waals surface area (Å²) in [5, 5.41) is 10.6. The van der Waals surface area contributed by atoms with Crippen LogP contribution >= 0.6 is 0 Å². The quantitative estimate of drug-likeness (QED) is 0.627. The molecule has 1 aromatic carbocycles. The smallest absolute Gasteiger partial charge is 0.269 e. The second-order valence-corrected chi connectivity index (χ2v) is 4.90. The van der Waals surface area contributed by atoms with E-state index in [4.69, 9.17) is 0 Å². The lowest BCUT2D eigenvalue weighted by Crippen LogP contribution is -2.09. The van der Waals surface area contributed by atoms with Gasteiger partial charge in [-0.25, -0.2) is 4.98 Å². The van der Waals surface area contributed by atoms with E-state index in [-0.39, 0.29) is 10.6 Å². The minimum Gasteiger partial charge on any atom is -0.330 e. The Labute approximate surface area is 111 Å². The maximum absolute atomic E-state index is 10.6. The Hall–Kier alpha value is -2.17. The highest BCUT2D eigenvalue weighted by Gasteiger charge is 2.15. The summed E-state index contributed by atoms with van der Waals surface area (Å²) >= 11 is 0. The van der Waals surface area contributed by atoms with Crippen molar-refractivity contribution in [1.82, 2.24) is 9.55 Å². The van der Waals surface area contributed by atoms with Gasteiger partial charge in [0.1, 0.15) is 0 Å². The van der Waals surface area contributed by atoms with Gasteiger partial charge in [0, 0.05) is 24.4 Å². The van der Waals surface area contributed by atoms with Crippen LogP contribution in [0.4, 0.5) is 5.69 Å². The van der Waals surface area contributed by atoms with Crippen LogP contribution in [-0.2, 0) is 19.4 Å². The van der Waals surface area contributed by atoms with Crippen molar-refractivity contribution >= 4 is 5.69 Å². The lowest BCUT2D eigenvalue weighted by molar-refractivity contribution is -0.384. The molecule has 0 saturated carbocycles. The molecule has 0 fully saturated rings. The van der Waals surface area contributed by atoms with E-state index in [0.29, 0.717) is 0 Å². The third kappa shape index (κ3) is 2.36. The molecule has 0 N–H and O–H groups in total. The van der Waals surface area contributed by atoms with Crippen LogP contribution in [0.3, 0.4) is 0 Å². The lowest BCUT2D eigenvalue weighted by atomic mass is 10.0. The molecule has 98 valence electrons. The van der Waals surface area contributed by atoms with E-state index < -0.39 is 0 Å². The van der Waals surface area contributed by atoms with Gasteiger partial charge < -0.3 is 4.57 Å². The summed E-state index contributed by atoms with van der Waals surface area (Å²) in [4.78, 5) is 14.7. The molecule has 5 heteroatoms. The van der Waals surface area contributed by atoms with Gasteiger partial charge in [-0.05, 0) is 31.2 Å². The van der Waals surface area contributed by atoms with E-state index in [1.807, 2.05) is 18.5 Å². The first-order chi connectivity index (χ1) is 9.24. The predicted octanol–water partition coefficient (Wildman–Crippen LogP) is 2.72. The Morgan fingerprint density at radius 2 is 1.95 bits per heavy atom. The van der Waals surface area contributed by atoms with Crippen LogP contribution in [-0.4, -0.2) is 14.5 Å². The van der Waals surface area contributed by atoms with E-state index in [1.54, 1.807) is 12.1 Å². The van der Waals surface area contributed by atoms with Crippen molar-refractivity contribution in [3.05, 3.63) is 57.7 Å². The number of nitrogens with zero attached hydrogens (tertiary/aromatic N) is 3. The van der Waals surface area contributed by atoms with E-state index in [9.17, 15) is 10.1 Å². The molecule has 5 nitrogen and oxygen atoms in total. The Kier molecular flexibility index (Phi) is 3.03. The monoisotopic (exact) mass is 257 g/mol. The van der Waals surface area contributed by atoms with E-state index in [2.05, 4.69) is 9.55 Å². The predicted molar refractivity (Wildman–Crippen MR) is 71.1 cm³/mol. The molecule has 0 saturated heterocycles. The van der Waals surface area contributed by atoms with Crippen molar-refractivity contribution in [2.45, 2.75) is 32.2 Å². The van der Waals surface area contributed by atoms with E-state index >= 15 is 0 Å². The van der Waals surface area contributed by atoms with Gasteiger partial charge in [-0.3, -0.25) is 10.1 Å². The minimum absolute atomic E-state index is 0.136. The Bertz CT molecular complexity index is 602. The topological polar surface area (TPSA) is 61.0 Å². The molecule has 0 unspecified atom stereocenters. The highest BCUT2D eigenvalue weighted by molar-refractivity contribution is 5.33. The normalized spacial score (nSPS) is 14.1. The number of nitro benzene ring substituents is 1. The van der Waals surface area contributed by atoms with Crippen molar-refractivity contribution in [1.29, 1.82) is 0 Å². The zero-order valence-corrected chi connectivity index (χ0v) is 10.6. The number of non-ortho nitro benzene ring substituents is 1. The van der Waals surface area contributed by atoms with Gasteiger partial charge >= 0.3 is 0 Å². The molecule has 1 aliphatic rings. The maximum atomic E-state index is 10.6. The van der Waals surface area contributed by atoms with Crippen molar-refractivity contribution in [3.8, 4) is 0 Å². The summed E-state index contributed by atoms with van der Waals surface area (Å²) in [5.74, 6) is 0. The van der Waals surface area contributed by atoms with E-state index in [0.717, 1.165) is 24.9 Å². The fraction of sp³-hybridized carbons (Fsp3) is 0.357. The average Bonchev–Trinajstić information content (AvgIpc) is 2.83. The fourth-order valence-electron chi connectivity index (χ4n) is 2.59. The molecule has 0 spiro atoms. The molecule has 2 aromatic rings. The fourth-order valence-corrected chi connectivity index (χ4v) is 2.59. The van der Waals surface area contributed by atoms with Crippen LogP contribution in [0, 0.1) is 10.1 Å². The van der Waals surface area contributed by atoms with Crippen molar-refractivity contribution < 1.29 is 4.92 Å². The summed E-state index contributed by atoms with van der Waals surface area (Å²) < 4.78 is 2.16. The van der Waals surface area contributed by atoms with Gasteiger partial charge in [0.25, 0.3) is 5.69 Å². The average molecular weight is 257 g/mol. The number of fused-ring (bicyclic) bond motifs is 1. The number of aromatic nitrogens is 2. The molecule has 0 amide bonds. The molecule has 1 heterocycles. The third-order valence-electron chi connectivity index (χ3n) is 3.61. The van der Waals surface area contributed by atoms with Gasteiger partial charge in [0.15, 0.2) is 0 Å². The molecule has 3 rings (SSSR count). The molecular formula is C14H15N3O2. The number of nitro groups is 1. The molecule has 1 aromatic heterocycles. The summed E-state index contributed by atoms with van der Waals surface area (Å²) in [5.41, 5.74) is 3.74. The first-order valence-corrected chi connectivity index (χ1v) is 6.50. The van der Waals surface area contributed by atoms with Crippen molar-refractivity contribution in [2.75, 3.05) is 0 Å². The number of rotatable bonds is 3. The van der Waals surface area contributed by atoms with Gasteiger partial charge in [-0.1, -0.05) is 12.1 Å². The molecule has 0 aliphatic heterocycles. The number of benzene rings is 1. The van der Waals surface area contributed by atoms with Crippen LogP contribution in [0.25, 0.3) is 0 Å². The van der Waals surface area contributed by atoms with Crippen molar-refractivity contribution in [2.24, 2.45) is 0 Å². The van der Waals surface area contributed by atoms with E-state index in [1.165, 1.54) is 24.2 Å². The number of aryl methyl sites for hydroxylation is 1. The third-order valence-corrected chi connectivity index (χ3v) is 3.61. The number of hydrogen-bond acceptors (Lipinski definition) is 3. The van der Waals surface area contributed by atoms with Gasteiger partial charge in [0.05, 0.1) is 16.9 Å². The van der Waals surface area contributed by atoms with Gasteiger partial charge in [0.2, 0.25) is 0 Å². The lowest BCUT2D eigenvalue weighted by Gasteiger charge is -2.13. The van der Waals surface area contributed by atoms with Crippen LogP contribution in [0.1, 0.15) is 29.8 Å². The molecule has 0 bridgehead atoms. The van der Waals surface area contributed by atoms with Crippen molar-refractivity contribution in [3.63, 3.8) is 0 Å². The number of hydrogen-bond donors (Lipinski definition) is 0. The zero-order chi connectivity index (χ0) is 13.2. The second kappa shape index (κ2) is 4.84. The molecular weight excluding hydrogens is 242 g/mol. The van der Waals surface area contributed by atoms with Gasteiger partial charge in [-0.15, -0.1) is 0 Å². The van der Waals surface area contributed by atoms with Crippen LogP contribution in [0.5, 0.6) is 0 Å². The molecule has 0 radical (unpaired) electrons. The molecule has 19 heavy (non-hydrogen) atoms. The summed E-state index contributed by atoms with van der Waals surface area (Å²) in [6.07, 6.45) is 6.49. The molecule has 0 atom stereocenters. The SMILES string of the molecule is O=[N+]([O-])c1ccc(Cn2cnc3c2CCCC3)cc1. The summed E-state index contributed by atoms with van der Waals surface area (Å²) in [6.45, 7) is 0.736. The highest BCUT2D eigenvalue weighted by atomic mass is 16.6. The first kappa shape index (κ1) is 11.9. The first-order valence-electron chi connectivity index (χ1n) is 6.50. The Morgan fingerprint density at radius 3 is 2.68 bits per heavy atom. The second-order valence-electron chi connectivity index (χ2n) is 4.90. The Balaban J connectivity index is 1.81. The minimum atomic E-state index is -0.372. The van der Waals surface area contributed by atoms with Gasteiger partial charge in [-0.2, -0.15) is 0 Å². The molecule has 1 aliphatic carbocycles. The largest absolute Gasteiger partial charge is 0.330 e. The summed E-state index contributed by atoms with van der Waals surface area (Å²) in [6, 6.07) is 6.73. The standard InChI is InChI=1S/C14H15N3O2/c18-17(19)12-7-5-11(6-8-12)9-16-10-15-13-3-1-2-4-14(13)16/h5-8,10H,1-4,9H2. The number of imidazole rings is 1. The Morgan fingerprint density at radius 1 is 1.21 bits per heavy atom. The zero-order valence-electron chi connectivity index (χ0n) is 10.6. The highest BCUT2D eigenvalue weighted by Crippen LogP contribution is 2.21.